The molecule has 0 fully saturated rings. The van der Waals surface area contributed by atoms with E-state index in [2.05, 4.69) is 10.2 Å². The highest BCUT2D eigenvalue weighted by atomic mass is 32.1. The van der Waals surface area contributed by atoms with Gasteiger partial charge in [0.1, 0.15) is 5.82 Å². The Labute approximate surface area is 118 Å². The van der Waals surface area contributed by atoms with Crippen molar-refractivity contribution < 1.29 is 4.39 Å². The van der Waals surface area contributed by atoms with E-state index >= 15 is 0 Å². The third-order valence-corrected chi connectivity index (χ3v) is 3.96. The molecule has 3 nitrogen and oxygen atoms in total. The molecule has 2 heterocycles. The molecule has 0 radical (unpaired) electrons. The van der Waals surface area contributed by atoms with Crippen LogP contribution in [0.15, 0.2) is 41.8 Å². The van der Waals surface area contributed by atoms with Crippen LogP contribution in [0.5, 0.6) is 0 Å². The summed E-state index contributed by atoms with van der Waals surface area (Å²) < 4.78 is 16.0. The molecule has 0 aliphatic rings. The topological polar surface area (TPSA) is 33.6 Å². The van der Waals surface area contributed by atoms with Gasteiger partial charge in [-0.25, -0.2) is 4.39 Å². The third kappa shape index (κ3) is 2.36. The number of rotatable bonds is 3. The van der Waals surface area contributed by atoms with Crippen molar-refractivity contribution in [1.82, 2.24) is 14.8 Å². The highest BCUT2D eigenvalue weighted by molar-refractivity contribution is 7.71. The number of aromatic nitrogens is 3. The molecule has 0 unspecified atom stereocenters. The summed E-state index contributed by atoms with van der Waals surface area (Å²) in [5, 5.41) is 8.96. The Morgan fingerprint density at radius 2 is 2.11 bits per heavy atom. The minimum absolute atomic E-state index is 0.234. The van der Waals surface area contributed by atoms with Gasteiger partial charge in [-0.3, -0.25) is 9.67 Å². The number of nitrogens with one attached hydrogen (secondary N) is 1. The van der Waals surface area contributed by atoms with Crippen molar-refractivity contribution in [3.63, 3.8) is 0 Å². The van der Waals surface area contributed by atoms with E-state index in [1.165, 1.54) is 6.07 Å². The summed E-state index contributed by atoms with van der Waals surface area (Å²) in [5.74, 6) is 0.506. The first-order chi connectivity index (χ1) is 9.25. The van der Waals surface area contributed by atoms with Gasteiger partial charge >= 0.3 is 0 Å². The summed E-state index contributed by atoms with van der Waals surface area (Å²) in [5.41, 5.74) is 0.595. The van der Waals surface area contributed by atoms with Crippen molar-refractivity contribution in [2.75, 3.05) is 0 Å². The van der Waals surface area contributed by atoms with Crippen molar-refractivity contribution >= 4 is 23.6 Å². The van der Waals surface area contributed by atoms with Crippen LogP contribution in [0, 0.1) is 10.6 Å². The largest absolute Gasteiger partial charge is 0.295 e. The standard InChI is InChI=1S/C13H10FN3S2/c14-10-5-2-1-4-9(10)8-17-12(15-16-13(17)18)11-6-3-7-19-11/h1-7H,8H2,(H,16,18). The fourth-order valence-electron chi connectivity index (χ4n) is 1.86. The number of H-pyrrole nitrogens is 1. The van der Waals surface area contributed by atoms with Crippen LogP contribution in [-0.2, 0) is 6.54 Å². The zero-order valence-electron chi connectivity index (χ0n) is 9.84. The lowest BCUT2D eigenvalue weighted by Crippen LogP contribution is -2.03. The molecule has 0 amide bonds. The number of nitrogens with zero attached hydrogens (tertiary/aromatic N) is 2. The van der Waals surface area contributed by atoms with Gasteiger partial charge in [-0.2, -0.15) is 5.10 Å². The zero-order valence-corrected chi connectivity index (χ0v) is 11.5. The van der Waals surface area contributed by atoms with Crippen molar-refractivity contribution in [1.29, 1.82) is 0 Å². The first kappa shape index (κ1) is 12.3. The van der Waals surface area contributed by atoms with Gasteiger partial charge in [-0.05, 0) is 29.7 Å². The van der Waals surface area contributed by atoms with Crippen LogP contribution in [-0.4, -0.2) is 14.8 Å². The molecular weight excluding hydrogens is 281 g/mol. The third-order valence-electron chi connectivity index (χ3n) is 2.79. The van der Waals surface area contributed by atoms with E-state index in [1.807, 2.05) is 23.6 Å². The number of hydrogen-bond acceptors (Lipinski definition) is 3. The predicted octanol–water partition coefficient (Wildman–Crippen LogP) is 3.86. The van der Waals surface area contributed by atoms with Crippen LogP contribution in [0.1, 0.15) is 5.56 Å². The molecule has 0 aliphatic heterocycles. The molecule has 0 atom stereocenters. The Balaban J connectivity index is 2.05. The van der Waals surface area contributed by atoms with Crippen LogP contribution in [0.2, 0.25) is 0 Å². The predicted molar refractivity (Wildman–Crippen MR) is 76.2 cm³/mol. The highest BCUT2D eigenvalue weighted by Crippen LogP contribution is 2.23. The van der Waals surface area contributed by atoms with Crippen LogP contribution < -0.4 is 0 Å². The van der Waals surface area contributed by atoms with Gasteiger partial charge in [0.05, 0.1) is 11.4 Å². The summed E-state index contributed by atoms with van der Waals surface area (Å²) in [6.45, 7) is 0.370. The van der Waals surface area contributed by atoms with E-state index in [-0.39, 0.29) is 5.82 Å². The number of benzene rings is 1. The average molecular weight is 291 g/mol. The minimum Gasteiger partial charge on any atom is -0.295 e. The first-order valence-electron chi connectivity index (χ1n) is 5.68. The molecule has 0 saturated heterocycles. The van der Waals surface area contributed by atoms with Gasteiger partial charge in [0, 0.05) is 5.56 Å². The second-order valence-corrected chi connectivity index (χ2v) is 5.34. The molecule has 0 bridgehead atoms. The molecule has 3 aromatic rings. The number of aromatic amines is 1. The van der Waals surface area contributed by atoms with Crippen LogP contribution in [0.25, 0.3) is 10.7 Å². The zero-order chi connectivity index (χ0) is 13.2. The van der Waals surface area contributed by atoms with Crippen molar-refractivity contribution in [3.8, 4) is 10.7 Å². The van der Waals surface area contributed by atoms with Gasteiger partial charge in [-0.15, -0.1) is 11.3 Å². The molecule has 19 heavy (non-hydrogen) atoms. The van der Waals surface area contributed by atoms with Gasteiger partial charge in [0.25, 0.3) is 0 Å². The van der Waals surface area contributed by atoms with Gasteiger partial charge in [0.15, 0.2) is 10.6 Å². The molecule has 3 rings (SSSR count). The quantitative estimate of drug-likeness (QED) is 0.743. The Morgan fingerprint density at radius 3 is 2.84 bits per heavy atom. The Bertz CT molecular complexity index is 743. The van der Waals surface area contributed by atoms with E-state index in [9.17, 15) is 4.39 Å². The minimum atomic E-state index is -0.234. The first-order valence-corrected chi connectivity index (χ1v) is 6.97. The lowest BCUT2D eigenvalue weighted by atomic mass is 10.2. The average Bonchev–Trinajstić information content (AvgIpc) is 3.03. The number of hydrogen-bond donors (Lipinski definition) is 1. The summed E-state index contributed by atoms with van der Waals surface area (Å²) in [4.78, 5) is 1.00. The summed E-state index contributed by atoms with van der Waals surface area (Å²) in [7, 11) is 0. The van der Waals surface area contributed by atoms with Crippen LogP contribution in [0.3, 0.4) is 0 Å². The van der Waals surface area contributed by atoms with E-state index in [0.29, 0.717) is 16.9 Å². The molecule has 0 aliphatic carbocycles. The molecule has 0 saturated carbocycles. The highest BCUT2D eigenvalue weighted by Gasteiger charge is 2.11. The molecule has 1 N–H and O–H groups in total. The smallest absolute Gasteiger partial charge is 0.195 e. The van der Waals surface area contributed by atoms with Gasteiger partial charge in [-0.1, -0.05) is 24.3 Å². The Kier molecular flexibility index (Phi) is 3.27. The molecule has 0 spiro atoms. The van der Waals surface area contributed by atoms with Gasteiger partial charge < -0.3 is 0 Å². The molecular formula is C13H10FN3S2. The Hall–Kier alpha value is -1.79. The maximum Gasteiger partial charge on any atom is 0.195 e. The second-order valence-electron chi connectivity index (χ2n) is 4.01. The number of thiophene rings is 1. The van der Waals surface area contributed by atoms with Crippen LogP contribution >= 0.6 is 23.6 Å². The van der Waals surface area contributed by atoms with Crippen molar-refractivity contribution in [2.24, 2.45) is 0 Å². The van der Waals surface area contributed by atoms with Crippen molar-refractivity contribution in [2.45, 2.75) is 6.54 Å². The van der Waals surface area contributed by atoms with Crippen molar-refractivity contribution in [3.05, 3.63) is 57.9 Å². The van der Waals surface area contributed by atoms with E-state index in [0.717, 1.165) is 10.7 Å². The van der Waals surface area contributed by atoms with Crippen LogP contribution in [0.4, 0.5) is 4.39 Å². The number of halogens is 1. The fraction of sp³-hybridized carbons (Fsp3) is 0.0769. The molecule has 96 valence electrons. The van der Waals surface area contributed by atoms with E-state index < -0.39 is 0 Å². The SMILES string of the molecule is Fc1ccccc1Cn1c(-c2cccs2)n[nH]c1=S. The lowest BCUT2D eigenvalue weighted by molar-refractivity contribution is 0.599. The Morgan fingerprint density at radius 1 is 1.26 bits per heavy atom. The second kappa shape index (κ2) is 5.07. The molecule has 2 aromatic heterocycles. The summed E-state index contributed by atoms with van der Waals surface area (Å²) >= 11 is 6.79. The summed E-state index contributed by atoms with van der Waals surface area (Å²) in [6, 6.07) is 10.6. The summed E-state index contributed by atoms with van der Waals surface area (Å²) in [6.07, 6.45) is 0. The maximum absolute atomic E-state index is 13.7. The molecule has 6 heteroatoms. The van der Waals surface area contributed by atoms with E-state index in [4.69, 9.17) is 12.2 Å². The van der Waals surface area contributed by atoms with Gasteiger partial charge in [0.2, 0.25) is 0 Å². The monoisotopic (exact) mass is 291 g/mol. The maximum atomic E-state index is 13.7. The fourth-order valence-corrected chi connectivity index (χ4v) is 2.77. The molecule has 1 aromatic carbocycles. The van der Waals surface area contributed by atoms with E-state index in [1.54, 1.807) is 28.0 Å². The normalized spacial score (nSPS) is 10.8. The lowest BCUT2D eigenvalue weighted by Gasteiger charge is -2.06.